The third-order valence-corrected chi connectivity index (χ3v) is 2.89. The molecule has 94 valence electrons. The highest BCUT2D eigenvalue weighted by Gasteiger charge is 2.19. The van der Waals surface area contributed by atoms with Gasteiger partial charge in [0.15, 0.2) is 0 Å². The lowest BCUT2D eigenvalue weighted by Gasteiger charge is -2.20. The first kappa shape index (κ1) is 14.3. The molecule has 0 fully saturated rings. The summed E-state index contributed by atoms with van der Waals surface area (Å²) in [6.07, 6.45) is -0.890. The molecule has 1 aromatic carbocycles. The maximum Gasteiger partial charge on any atom is 0.317 e. The lowest BCUT2D eigenvalue weighted by Crippen LogP contribution is -2.36. The number of halogens is 2. The lowest BCUT2D eigenvalue weighted by atomic mass is 10.0. The van der Waals surface area contributed by atoms with Crippen molar-refractivity contribution in [3.05, 3.63) is 33.8 Å². The van der Waals surface area contributed by atoms with Crippen molar-refractivity contribution in [2.75, 3.05) is 6.54 Å². The first-order chi connectivity index (χ1) is 7.91. The molecule has 0 aliphatic heterocycles. The van der Waals surface area contributed by atoms with Crippen molar-refractivity contribution in [2.45, 2.75) is 19.1 Å². The predicted molar refractivity (Wildman–Crippen MR) is 66.5 cm³/mol. The van der Waals surface area contributed by atoms with Crippen LogP contribution in [-0.4, -0.2) is 28.8 Å². The molecule has 1 rings (SSSR count). The van der Waals surface area contributed by atoms with Crippen LogP contribution in [0.15, 0.2) is 18.2 Å². The Bertz CT molecular complexity index is 412. The van der Waals surface area contributed by atoms with E-state index >= 15 is 0 Å². The average Bonchev–Trinajstić information content (AvgIpc) is 2.25. The van der Waals surface area contributed by atoms with Crippen LogP contribution in [0.4, 0.5) is 0 Å². The highest BCUT2D eigenvalue weighted by Crippen LogP contribution is 2.27. The maximum absolute atomic E-state index is 10.4. The lowest BCUT2D eigenvalue weighted by molar-refractivity contribution is -0.136. The Morgan fingerprint density at radius 2 is 2.12 bits per heavy atom. The van der Waals surface area contributed by atoms with Gasteiger partial charge in [-0.25, -0.2) is 0 Å². The van der Waals surface area contributed by atoms with Crippen molar-refractivity contribution in [1.29, 1.82) is 0 Å². The molecule has 4 nitrogen and oxygen atoms in total. The summed E-state index contributed by atoms with van der Waals surface area (Å²) in [5.74, 6) is -0.980. The molecule has 2 atom stereocenters. The summed E-state index contributed by atoms with van der Waals surface area (Å²) in [4.78, 5) is 10.4. The molecular weight excluding hydrogens is 265 g/mol. The van der Waals surface area contributed by atoms with E-state index in [9.17, 15) is 9.90 Å². The molecule has 17 heavy (non-hydrogen) atoms. The van der Waals surface area contributed by atoms with E-state index in [2.05, 4.69) is 5.32 Å². The van der Waals surface area contributed by atoms with Gasteiger partial charge < -0.3 is 15.5 Å². The summed E-state index contributed by atoms with van der Waals surface area (Å²) in [7, 11) is 0. The normalized spacial score (nSPS) is 14.4. The number of aliphatic hydroxyl groups is 1. The summed E-state index contributed by atoms with van der Waals surface area (Å²) in [5, 5.41) is 22.0. The first-order valence-corrected chi connectivity index (χ1v) is 5.75. The highest BCUT2D eigenvalue weighted by atomic mass is 35.5. The van der Waals surface area contributed by atoms with E-state index in [0.29, 0.717) is 15.6 Å². The van der Waals surface area contributed by atoms with Gasteiger partial charge in [-0.3, -0.25) is 4.79 Å². The van der Waals surface area contributed by atoms with Crippen LogP contribution < -0.4 is 5.32 Å². The average molecular weight is 278 g/mol. The monoisotopic (exact) mass is 277 g/mol. The number of nitrogens with one attached hydrogen (secondary N) is 1. The van der Waals surface area contributed by atoms with Gasteiger partial charge in [-0.05, 0) is 19.1 Å². The zero-order valence-corrected chi connectivity index (χ0v) is 10.7. The Kier molecular flexibility index (Phi) is 5.21. The Morgan fingerprint density at radius 1 is 1.47 bits per heavy atom. The largest absolute Gasteiger partial charge is 0.480 e. The van der Waals surface area contributed by atoms with Crippen LogP contribution in [0, 0.1) is 0 Å². The molecule has 0 aromatic heterocycles. The number of hydrogen-bond donors (Lipinski definition) is 3. The SMILES string of the molecule is CC(NCC(=O)O)C(O)c1ccc(Cl)cc1Cl. The van der Waals surface area contributed by atoms with Gasteiger partial charge in [0.2, 0.25) is 0 Å². The number of carboxylic acid groups (broad SMARTS) is 1. The van der Waals surface area contributed by atoms with Crippen LogP contribution in [0.3, 0.4) is 0 Å². The molecule has 0 saturated heterocycles. The van der Waals surface area contributed by atoms with E-state index in [1.807, 2.05) is 0 Å². The Labute approximate surface area is 109 Å². The number of benzene rings is 1. The molecule has 6 heteroatoms. The quantitative estimate of drug-likeness (QED) is 0.771. The van der Waals surface area contributed by atoms with Crippen LogP contribution in [-0.2, 0) is 4.79 Å². The molecule has 0 spiro atoms. The number of carboxylic acids is 1. The fourth-order valence-electron chi connectivity index (χ4n) is 1.37. The maximum atomic E-state index is 10.4. The van der Waals surface area contributed by atoms with Crippen molar-refractivity contribution in [1.82, 2.24) is 5.32 Å². The molecule has 0 heterocycles. The van der Waals surface area contributed by atoms with Crippen molar-refractivity contribution >= 4 is 29.2 Å². The number of carbonyl (C=O) groups is 1. The predicted octanol–water partition coefficient (Wildman–Crippen LogP) is 2.09. The first-order valence-electron chi connectivity index (χ1n) is 5.00. The van der Waals surface area contributed by atoms with Gasteiger partial charge in [0.1, 0.15) is 0 Å². The minimum absolute atomic E-state index is 0.219. The van der Waals surface area contributed by atoms with Gasteiger partial charge in [0.05, 0.1) is 12.6 Å². The van der Waals surface area contributed by atoms with Gasteiger partial charge >= 0.3 is 5.97 Å². The van der Waals surface area contributed by atoms with E-state index < -0.39 is 18.1 Å². The molecular formula is C11H13Cl2NO3. The summed E-state index contributed by atoms with van der Waals surface area (Å²) in [6.45, 7) is 1.46. The van der Waals surface area contributed by atoms with Crippen molar-refractivity contribution in [3.63, 3.8) is 0 Å². The second kappa shape index (κ2) is 6.21. The fourth-order valence-corrected chi connectivity index (χ4v) is 1.89. The molecule has 0 aliphatic rings. The van der Waals surface area contributed by atoms with Gasteiger partial charge in [-0.2, -0.15) is 0 Å². The third kappa shape index (κ3) is 4.16. The highest BCUT2D eigenvalue weighted by molar-refractivity contribution is 6.35. The topological polar surface area (TPSA) is 69.6 Å². The second-order valence-electron chi connectivity index (χ2n) is 3.67. The van der Waals surface area contributed by atoms with E-state index in [-0.39, 0.29) is 6.54 Å². The summed E-state index contributed by atoms with van der Waals surface area (Å²) < 4.78 is 0. The standard InChI is InChI=1S/C11H13Cl2NO3/c1-6(14-5-10(15)16)11(17)8-3-2-7(12)4-9(8)13/h2-4,6,11,14,17H,5H2,1H3,(H,15,16). The second-order valence-corrected chi connectivity index (χ2v) is 4.52. The number of aliphatic hydroxyl groups excluding tert-OH is 1. The minimum atomic E-state index is -0.980. The Balaban J connectivity index is 2.74. The zero-order chi connectivity index (χ0) is 13.0. The third-order valence-electron chi connectivity index (χ3n) is 2.33. The van der Waals surface area contributed by atoms with Crippen molar-refractivity contribution in [2.24, 2.45) is 0 Å². The van der Waals surface area contributed by atoms with Crippen LogP contribution >= 0.6 is 23.2 Å². The van der Waals surface area contributed by atoms with E-state index in [0.717, 1.165) is 0 Å². The van der Waals surface area contributed by atoms with E-state index in [4.69, 9.17) is 28.3 Å². The summed E-state index contributed by atoms with van der Waals surface area (Å²) in [5.41, 5.74) is 0.515. The smallest absolute Gasteiger partial charge is 0.317 e. The van der Waals surface area contributed by atoms with Crippen LogP contribution in [0.25, 0.3) is 0 Å². The molecule has 1 aromatic rings. The van der Waals surface area contributed by atoms with E-state index in [1.54, 1.807) is 19.1 Å². The molecule has 0 aliphatic carbocycles. The van der Waals surface area contributed by atoms with Crippen LogP contribution in [0.2, 0.25) is 10.0 Å². The van der Waals surface area contributed by atoms with Gasteiger partial charge in [0, 0.05) is 21.7 Å². The Hall–Kier alpha value is -0.810. The number of hydrogen-bond acceptors (Lipinski definition) is 3. The molecule has 3 N–H and O–H groups in total. The number of aliphatic carboxylic acids is 1. The minimum Gasteiger partial charge on any atom is -0.480 e. The van der Waals surface area contributed by atoms with E-state index in [1.165, 1.54) is 6.07 Å². The van der Waals surface area contributed by atoms with Crippen LogP contribution in [0.1, 0.15) is 18.6 Å². The van der Waals surface area contributed by atoms with Gasteiger partial charge in [-0.15, -0.1) is 0 Å². The van der Waals surface area contributed by atoms with Crippen LogP contribution in [0.5, 0.6) is 0 Å². The van der Waals surface area contributed by atoms with Crippen molar-refractivity contribution < 1.29 is 15.0 Å². The number of rotatable bonds is 5. The molecule has 0 radical (unpaired) electrons. The Morgan fingerprint density at radius 3 is 2.65 bits per heavy atom. The summed E-state index contributed by atoms with van der Waals surface area (Å²) in [6, 6.07) is 4.35. The van der Waals surface area contributed by atoms with Gasteiger partial charge in [0.25, 0.3) is 0 Å². The molecule has 0 bridgehead atoms. The molecule has 0 amide bonds. The zero-order valence-electron chi connectivity index (χ0n) is 9.15. The molecule has 0 saturated carbocycles. The van der Waals surface area contributed by atoms with Crippen molar-refractivity contribution in [3.8, 4) is 0 Å². The fraction of sp³-hybridized carbons (Fsp3) is 0.364. The molecule has 2 unspecified atom stereocenters. The van der Waals surface area contributed by atoms with Gasteiger partial charge in [-0.1, -0.05) is 29.3 Å². The summed E-state index contributed by atoms with van der Waals surface area (Å²) >= 11 is 11.7.